The molecule has 0 spiro atoms. The molecule has 0 aliphatic carbocycles. The lowest BCUT2D eigenvalue weighted by atomic mass is 10.0. The van der Waals surface area contributed by atoms with Gasteiger partial charge in [-0.3, -0.25) is 0 Å². The van der Waals surface area contributed by atoms with Crippen molar-refractivity contribution in [1.29, 1.82) is 0 Å². The summed E-state index contributed by atoms with van der Waals surface area (Å²) in [7, 11) is 2.14. The lowest BCUT2D eigenvalue weighted by Gasteiger charge is -2.17. The van der Waals surface area contributed by atoms with Crippen LogP contribution in [0.1, 0.15) is 24.4 Å². The van der Waals surface area contributed by atoms with Gasteiger partial charge in [0.2, 0.25) is 5.95 Å². The Morgan fingerprint density at radius 1 is 1.09 bits per heavy atom. The monoisotopic (exact) mass is 456 g/mol. The molecular formula is C25H25FN8. The van der Waals surface area contributed by atoms with E-state index in [9.17, 15) is 4.39 Å². The molecule has 5 heterocycles. The Hall–Kier alpha value is -3.85. The molecule has 2 N–H and O–H groups in total. The highest BCUT2D eigenvalue weighted by Crippen LogP contribution is 2.35. The number of benzene rings is 1. The second-order valence-corrected chi connectivity index (χ2v) is 8.99. The summed E-state index contributed by atoms with van der Waals surface area (Å²) in [4.78, 5) is 16.4. The first kappa shape index (κ1) is 20.7. The summed E-state index contributed by atoms with van der Waals surface area (Å²) in [5, 5.41) is 4.73. The maximum atomic E-state index is 13.7. The minimum absolute atomic E-state index is 0.247. The van der Waals surface area contributed by atoms with Crippen molar-refractivity contribution >= 4 is 17.2 Å². The van der Waals surface area contributed by atoms with Crippen molar-refractivity contribution in [3.05, 3.63) is 66.1 Å². The van der Waals surface area contributed by atoms with E-state index in [1.165, 1.54) is 18.6 Å². The third kappa shape index (κ3) is 3.40. The second-order valence-electron chi connectivity index (χ2n) is 8.99. The summed E-state index contributed by atoms with van der Waals surface area (Å²) in [6.45, 7) is 3.10. The van der Waals surface area contributed by atoms with Gasteiger partial charge in [-0.15, -0.1) is 5.10 Å². The number of rotatable bonds is 4. The zero-order valence-electron chi connectivity index (χ0n) is 19.1. The van der Waals surface area contributed by atoms with Crippen molar-refractivity contribution in [3.63, 3.8) is 0 Å². The van der Waals surface area contributed by atoms with Gasteiger partial charge in [0, 0.05) is 41.7 Å². The zero-order chi connectivity index (χ0) is 23.4. The van der Waals surface area contributed by atoms with Crippen LogP contribution in [0, 0.1) is 12.7 Å². The molecule has 4 aromatic heterocycles. The number of anilines is 1. The first-order valence-corrected chi connectivity index (χ1v) is 11.4. The number of halogens is 1. The van der Waals surface area contributed by atoms with Crippen molar-refractivity contribution in [2.45, 2.75) is 32.2 Å². The van der Waals surface area contributed by atoms with E-state index in [0.29, 0.717) is 17.4 Å². The van der Waals surface area contributed by atoms with Crippen molar-refractivity contribution in [2.24, 2.45) is 0 Å². The fraction of sp³-hybridized carbons (Fsp3) is 0.280. The van der Waals surface area contributed by atoms with E-state index in [2.05, 4.69) is 16.9 Å². The van der Waals surface area contributed by atoms with Gasteiger partial charge in [0.25, 0.3) is 0 Å². The highest BCUT2D eigenvalue weighted by molar-refractivity contribution is 5.90. The summed E-state index contributed by atoms with van der Waals surface area (Å²) in [6, 6.07) is 10.7. The molecule has 1 aliphatic rings. The number of likely N-dealkylation sites (N-methyl/N-ethyl adjacent to an activating group) is 1. The van der Waals surface area contributed by atoms with Gasteiger partial charge in [-0.25, -0.2) is 19.3 Å². The number of likely N-dealkylation sites (tertiary alicyclic amines) is 1. The highest BCUT2D eigenvalue weighted by atomic mass is 19.1. The third-order valence-corrected chi connectivity index (χ3v) is 6.74. The maximum absolute atomic E-state index is 13.7. The Kier molecular flexibility index (Phi) is 4.80. The van der Waals surface area contributed by atoms with Gasteiger partial charge in [0.05, 0.1) is 11.3 Å². The quantitative estimate of drug-likeness (QED) is 0.443. The van der Waals surface area contributed by atoms with Gasteiger partial charge in [0.1, 0.15) is 11.5 Å². The Bertz CT molecular complexity index is 1520. The molecule has 1 aliphatic heterocycles. The van der Waals surface area contributed by atoms with E-state index in [1.807, 2.05) is 35.9 Å². The Labute approximate surface area is 195 Å². The fourth-order valence-corrected chi connectivity index (χ4v) is 4.87. The number of aromatic nitrogens is 6. The standard InChI is InChI=1S/C25H25FN8/c1-15-13-28-21-10-7-17(14-33(15)21)22-23(16-5-8-18(26)9-6-16)30-25(27)34-24(22)29-20(31-34)12-19-4-3-11-32(19)2/h5-10,13-14,19H,3-4,11-12H2,1-2H3,(H2,27,30)/t19-/m1/s1. The van der Waals surface area contributed by atoms with Gasteiger partial charge < -0.3 is 15.0 Å². The second kappa shape index (κ2) is 7.88. The van der Waals surface area contributed by atoms with E-state index in [0.717, 1.165) is 53.2 Å². The molecular weight excluding hydrogens is 431 g/mol. The van der Waals surface area contributed by atoms with Crippen LogP contribution in [0.25, 0.3) is 33.7 Å². The number of imidazole rings is 1. The molecule has 0 unspecified atom stereocenters. The number of nitrogens with zero attached hydrogens (tertiary/aromatic N) is 7. The number of fused-ring (bicyclic) bond motifs is 2. The summed E-state index contributed by atoms with van der Waals surface area (Å²) in [6.07, 6.45) is 6.93. The van der Waals surface area contributed by atoms with E-state index in [1.54, 1.807) is 16.6 Å². The predicted octanol–water partition coefficient (Wildman–Crippen LogP) is 3.77. The fourth-order valence-electron chi connectivity index (χ4n) is 4.87. The van der Waals surface area contributed by atoms with Crippen LogP contribution in [0.15, 0.2) is 48.8 Å². The number of hydrogen-bond acceptors (Lipinski definition) is 6. The van der Waals surface area contributed by atoms with Gasteiger partial charge in [-0.2, -0.15) is 4.52 Å². The van der Waals surface area contributed by atoms with Crippen LogP contribution in [0.4, 0.5) is 10.3 Å². The number of hydrogen-bond donors (Lipinski definition) is 1. The molecule has 1 saturated heterocycles. The molecule has 0 bridgehead atoms. The van der Waals surface area contributed by atoms with Crippen LogP contribution in [-0.4, -0.2) is 53.5 Å². The first-order chi connectivity index (χ1) is 16.5. The van der Waals surface area contributed by atoms with Crippen molar-refractivity contribution in [2.75, 3.05) is 19.3 Å². The molecule has 34 heavy (non-hydrogen) atoms. The molecule has 1 fully saturated rings. The lowest BCUT2D eigenvalue weighted by Crippen LogP contribution is -2.27. The molecule has 172 valence electrons. The van der Waals surface area contributed by atoms with Crippen LogP contribution < -0.4 is 5.73 Å². The molecule has 6 rings (SSSR count). The number of nitrogen functional groups attached to an aromatic ring is 1. The Morgan fingerprint density at radius 3 is 2.65 bits per heavy atom. The van der Waals surface area contributed by atoms with Gasteiger partial charge in [-0.05, 0) is 69.8 Å². The normalized spacial score (nSPS) is 16.7. The topological polar surface area (TPSA) is 89.6 Å². The lowest BCUT2D eigenvalue weighted by molar-refractivity contribution is 0.306. The summed E-state index contributed by atoms with van der Waals surface area (Å²) in [5.41, 5.74) is 12.0. The first-order valence-electron chi connectivity index (χ1n) is 11.4. The summed E-state index contributed by atoms with van der Waals surface area (Å²) < 4.78 is 17.3. The zero-order valence-corrected chi connectivity index (χ0v) is 19.1. The molecule has 1 atom stereocenters. The average molecular weight is 457 g/mol. The van der Waals surface area contributed by atoms with Crippen LogP contribution >= 0.6 is 0 Å². The predicted molar refractivity (Wildman–Crippen MR) is 129 cm³/mol. The minimum atomic E-state index is -0.305. The highest BCUT2D eigenvalue weighted by Gasteiger charge is 2.25. The van der Waals surface area contributed by atoms with Crippen LogP contribution in [0.5, 0.6) is 0 Å². The molecule has 1 aromatic carbocycles. The van der Waals surface area contributed by atoms with Gasteiger partial charge in [-0.1, -0.05) is 0 Å². The average Bonchev–Trinajstić information content (AvgIpc) is 3.54. The Morgan fingerprint density at radius 2 is 1.88 bits per heavy atom. The van der Waals surface area contributed by atoms with Crippen molar-refractivity contribution in [1.82, 2.24) is 33.9 Å². The smallest absolute Gasteiger partial charge is 0.223 e. The molecule has 5 aromatic rings. The number of pyridine rings is 1. The van der Waals surface area contributed by atoms with Crippen molar-refractivity contribution < 1.29 is 4.39 Å². The van der Waals surface area contributed by atoms with E-state index in [4.69, 9.17) is 20.8 Å². The van der Waals surface area contributed by atoms with Gasteiger partial charge in [0.15, 0.2) is 11.5 Å². The van der Waals surface area contributed by atoms with Gasteiger partial charge >= 0.3 is 0 Å². The molecule has 0 radical (unpaired) electrons. The SMILES string of the molecule is Cc1cnc2ccc(-c3c(-c4ccc(F)cc4)nc(N)n4nc(C[C@H]5CCCN5C)nc34)cn12. The minimum Gasteiger partial charge on any atom is -0.368 e. The summed E-state index contributed by atoms with van der Waals surface area (Å²) in [5.74, 6) is 0.682. The van der Waals surface area contributed by atoms with E-state index >= 15 is 0 Å². The van der Waals surface area contributed by atoms with Crippen LogP contribution in [0.3, 0.4) is 0 Å². The third-order valence-electron chi connectivity index (χ3n) is 6.74. The van der Waals surface area contributed by atoms with Crippen LogP contribution in [-0.2, 0) is 6.42 Å². The number of aryl methyl sites for hydroxylation is 1. The number of nitrogens with two attached hydrogens (primary N) is 1. The van der Waals surface area contributed by atoms with Crippen molar-refractivity contribution in [3.8, 4) is 22.4 Å². The molecule has 9 heteroatoms. The molecule has 0 saturated carbocycles. The largest absolute Gasteiger partial charge is 0.368 e. The molecule has 0 amide bonds. The van der Waals surface area contributed by atoms with E-state index in [-0.39, 0.29) is 11.8 Å². The Balaban J connectivity index is 1.59. The molecule has 8 nitrogen and oxygen atoms in total. The van der Waals surface area contributed by atoms with Crippen LogP contribution in [0.2, 0.25) is 0 Å². The summed E-state index contributed by atoms with van der Waals surface area (Å²) >= 11 is 0. The maximum Gasteiger partial charge on any atom is 0.223 e. The van der Waals surface area contributed by atoms with E-state index < -0.39 is 0 Å².